The third-order valence-electron chi connectivity index (χ3n) is 1.56. The van der Waals surface area contributed by atoms with E-state index in [0.29, 0.717) is 0 Å². The van der Waals surface area contributed by atoms with Crippen LogP contribution in [-0.2, 0) is 10.0 Å². The number of hydrogen-bond acceptors (Lipinski definition) is 2. The lowest BCUT2D eigenvalue weighted by atomic mass is 10.2. The van der Waals surface area contributed by atoms with Crippen LogP contribution in [-0.4, -0.2) is 14.3 Å². The third-order valence-corrected chi connectivity index (χ3v) is 2.60. The van der Waals surface area contributed by atoms with E-state index in [9.17, 15) is 12.8 Å². The maximum absolute atomic E-state index is 13.2. The van der Waals surface area contributed by atoms with Gasteiger partial charge in [0.2, 0.25) is 10.0 Å². The van der Waals surface area contributed by atoms with Crippen LogP contribution in [0.15, 0.2) is 23.1 Å². The lowest BCUT2D eigenvalue weighted by Crippen LogP contribution is -2.12. The zero-order chi connectivity index (χ0) is 11.5. The van der Waals surface area contributed by atoms with Crippen molar-refractivity contribution in [2.45, 2.75) is 4.90 Å². The molecule has 0 aliphatic carbocycles. The van der Waals surface area contributed by atoms with Crippen LogP contribution in [0.25, 0.3) is 0 Å². The van der Waals surface area contributed by atoms with Crippen LogP contribution in [0.2, 0.25) is 0 Å². The zero-order valence-electron chi connectivity index (χ0n) is 7.50. The molecule has 0 aliphatic heterocycles. The Morgan fingerprint density at radius 2 is 2.13 bits per heavy atom. The molecule has 1 rings (SSSR count). The zero-order valence-corrected chi connectivity index (χ0v) is 9.07. The lowest BCUT2D eigenvalue weighted by Gasteiger charge is -1.99. The first-order valence-corrected chi connectivity index (χ1v) is 5.90. The van der Waals surface area contributed by atoms with E-state index in [2.05, 4.69) is 11.8 Å². The number of halogens is 2. The molecule has 0 aromatic heterocycles. The van der Waals surface area contributed by atoms with Crippen molar-refractivity contribution in [3.05, 3.63) is 29.6 Å². The molecule has 2 N–H and O–H groups in total. The van der Waals surface area contributed by atoms with Crippen LogP contribution < -0.4 is 5.14 Å². The molecular formula is C9H7ClFNO2S. The molecule has 1 aromatic carbocycles. The minimum atomic E-state index is -3.88. The van der Waals surface area contributed by atoms with Gasteiger partial charge in [-0.3, -0.25) is 0 Å². The van der Waals surface area contributed by atoms with Crippen LogP contribution in [0.4, 0.5) is 4.39 Å². The summed E-state index contributed by atoms with van der Waals surface area (Å²) >= 11 is 5.30. The van der Waals surface area contributed by atoms with Gasteiger partial charge in [-0.2, -0.15) is 0 Å². The summed E-state index contributed by atoms with van der Waals surface area (Å²) in [6, 6.07) is 3.26. The van der Waals surface area contributed by atoms with Crippen LogP contribution in [0.1, 0.15) is 5.56 Å². The highest BCUT2D eigenvalue weighted by molar-refractivity contribution is 7.89. The number of hydrogen-bond donors (Lipinski definition) is 1. The topological polar surface area (TPSA) is 60.2 Å². The molecule has 0 unspecified atom stereocenters. The second-order valence-electron chi connectivity index (χ2n) is 2.62. The first-order chi connectivity index (χ1) is 6.95. The average molecular weight is 248 g/mol. The Morgan fingerprint density at radius 3 is 2.60 bits per heavy atom. The molecule has 15 heavy (non-hydrogen) atoms. The second kappa shape index (κ2) is 4.62. The summed E-state index contributed by atoms with van der Waals surface area (Å²) < 4.78 is 35.0. The smallest absolute Gasteiger partial charge is 0.225 e. The first-order valence-electron chi connectivity index (χ1n) is 3.82. The molecule has 0 amide bonds. The van der Waals surface area contributed by atoms with Gasteiger partial charge in [-0.25, -0.2) is 17.9 Å². The molecule has 0 heterocycles. The highest BCUT2D eigenvalue weighted by Crippen LogP contribution is 2.12. The summed E-state index contributed by atoms with van der Waals surface area (Å²) in [4.78, 5) is -0.281. The fraction of sp³-hybridized carbons (Fsp3) is 0.111. The van der Waals surface area contributed by atoms with Crippen molar-refractivity contribution in [1.82, 2.24) is 0 Å². The van der Waals surface area contributed by atoms with E-state index < -0.39 is 15.8 Å². The molecule has 0 atom stereocenters. The summed E-state index contributed by atoms with van der Waals surface area (Å²) in [5.74, 6) is 4.25. The molecule has 80 valence electrons. The summed E-state index contributed by atoms with van der Waals surface area (Å²) in [5, 5.41) is 4.82. The summed E-state index contributed by atoms with van der Waals surface area (Å²) in [7, 11) is -3.88. The Labute approximate surface area is 92.1 Å². The first kappa shape index (κ1) is 12.0. The Morgan fingerprint density at radius 1 is 1.47 bits per heavy atom. The predicted molar refractivity (Wildman–Crippen MR) is 55.4 cm³/mol. The van der Waals surface area contributed by atoms with Gasteiger partial charge in [0, 0.05) is 0 Å². The van der Waals surface area contributed by atoms with Crippen molar-refractivity contribution in [3.63, 3.8) is 0 Å². The van der Waals surface area contributed by atoms with E-state index in [4.69, 9.17) is 16.7 Å². The molecule has 0 fully saturated rings. The highest BCUT2D eigenvalue weighted by atomic mass is 35.5. The van der Waals surface area contributed by atoms with E-state index in [0.717, 1.165) is 6.07 Å². The van der Waals surface area contributed by atoms with Gasteiger partial charge >= 0.3 is 0 Å². The summed E-state index contributed by atoms with van der Waals surface area (Å²) in [6.45, 7) is 0. The standard InChI is InChI=1S/C9H7ClFNO2S/c10-5-1-2-7-3-4-8(6-9(7)11)15(12,13)14/h3-4,6H,5H2,(H2,12,13,14). The molecule has 6 heteroatoms. The number of alkyl halides is 1. The van der Waals surface area contributed by atoms with E-state index in [1.165, 1.54) is 12.1 Å². The maximum atomic E-state index is 13.2. The quantitative estimate of drug-likeness (QED) is 0.596. The normalized spacial score (nSPS) is 10.6. The van der Waals surface area contributed by atoms with Crippen molar-refractivity contribution >= 4 is 21.6 Å². The number of sulfonamides is 1. The van der Waals surface area contributed by atoms with Crippen molar-refractivity contribution in [3.8, 4) is 11.8 Å². The van der Waals surface area contributed by atoms with Crippen molar-refractivity contribution in [1.29, 1.82) is 0 Å². The van der Waals surface area contributed by atoms with Crippen LogP contribution in [0.5, 0.6) is 0 Å². The van der Waals surface area contributed by atoms with Crippen molar-refractivity contribution in [2.24, 2.45) is 5.14 Å². The Hall–Kier alpha value is -1.09. The number of rotatable bonds is 1. The van der Waals surface area contributed by atoms with E-state index >= 15 is 0 Å². The van der Waals surface area contributed by atoms with Gasteiger partial charge in [-0.15, -0.1) is 11.6 Å². The monoisotopic (exact) mass is 247 g/mol. The molecular weight excluding hydrogens is 241 g/mol. The van der Waals surface area contributed by atoms with Gasteiger partial charge in [0.1, 0.15) is 5.82 Å². The number of primary sulfonamides is 1. The highest BCUT2D eigenvalue weighted by Gasteiger charge is 2.10. The van der Waals surface area contributed by atoms with Gasteiger partial charge in [0.05, 0.1) is 16.3 Å². The Kier molecular flexibility index (Phi) is 3.69. The van der Waals surface area contributed by atoms with Crippen molar-refractivity contribution < 1.29 is 12.8 Å². The Balaban J connectivity index is 3.21. The molecule has 0 aliphatic rings. The van der Waals surface area contributed by atoms with Crippen LogP contribution in [0.3, 0.4) is 0 Å². The van der Waals surface area contributed by atoms with E-state index in [-0.39, 0.29) is 16.3 Å². The van der Waals surface area contributed by atoms with Gasteiger partial charge in [0.25, 0.3) is 0 Å². The maximum Gasteiger partial charge on any atom is 0.238 e. The van der Waals surface area contributed by atoms with Crippen LogP contribution >= 0.6 is 11.6 Å². The molecule has 0 radical (unpaired) electrons. The van der Waals surface area contributed by atoms with Crippen molar-refractivity contribution in [2.75, 3.05) is 5.88 Å². The molecule has 0 saturated carbocycles. The summed E-state index contributed by atoms with van der Waals surface area (Å²) in [5.41, 5.74) is 0.0862. The van der Waals surface area contributed by atoms with Gasteiger partial charge < -0.3 is 0 Å². The molecule has 0 spiro atoms. The van der Waals surface area contributed by atoms with Gasteiger partial charge in [0.15, 0.2) is 0 Å². The lowest BCUT2D eigenvalue weighted by molar-refractivity contribution is 0.591. The Bertz CT molecular complexity index is 531. The fourth-order valence-electron chi connectivity index (χ4n) is 0.903. The predicted octanol–water partition coefficient (Wildman–Crippen LogP) is 1.06. The average Bonchev–Trinajstić information content (AvgIpc) is 2.14. The minimum absolute atomic E-state index is 0.0797. The molecule has 0 saturated heterocycles. The van der Waals surface area contributed by atoms with Gasteiger partial charge in [-0.1, -0.05) is 11.8 Å². The van der Waals surface area contributed by atoms with Gasteiger partial charge in [-0.05, 0) is 18.2 Å². The summed E-state index contributed by atoms with van der Waals surface area (Å²) in [6.07, 6.45) is 0. The molecule has 0 bridgehead atoms. The number of nitrogens with two attached hydrogens (primary N) is 1. The largest absolute Gasteiger partial charge is 0.238 e. The SMILES string of the molecule is NS(=O)(=O)c1ccc(C#CCCl)c(F)c1. The molecule has 3 nitrogen and oxygen atoms in total. The van der Waals surface area contributed by atoms with E-state index in [1.807, 2.05) is 0 Å². The fourth-order valence-corrected chi connectivity index (χ4v) is 1.50. The third kappa shape index (κ3) is 3.20. The van der Waals surface area contributed by atoms with Crippen LogP contribution in [0, 0.1) is 17.7 Å². The minimum Gasteiger partial charge on any atom is -0.225 e. The number of benzene rings is 1. The molecule has 1 aromatic rings. The second-order valence-corrected chi connectivity index (χ2v) is 4.45. The van der Waals surface area contributed by atoms with E-state index in [1.54, 1.807) is 0 Å².